The van der Waals surface area contributed by atoms with Crippen LogP contribution in [-0.2, 0) is 14.9 Å². The summed E-state index contributed by atoms with van der Waals surface area (Å²) in [5.74, 6) is -0.619. The van der Waals surface area contributed by atoms with Crippen molar-refractivity contribution in [1.82, 2.24) is 5.32 Å². The van der Waals surface area contributed by atoms with Crippen LogP contribution in [0.2, 0.25) is 0 Å². The molecular formula is C9H17NO4S. The Labute approximate surface area is 90.3 Å². The summed E-state index contributed by atoms with van der Waals surface area (Å²) in [6.45, 7) is 6.38. The van der Waals surface area contributed by atoms with Gasteiger partial charge in [0.15, 0.2) is 4.87 Å². The van der Waals surface area contributed by atoms with E-state index < -0.39 is 20.9 Å². The zero-order chi connectivity index (χ0) is 12.1. The van der Waals surface area contributed by atoms with Gasteiger partial charge in [0.25, 0.3) is 10.1 Å². The molecule has 5 nitrogen and oxygen atoms in total. The highest BCUT2D eigenvalue weighted by Gasteiger charge is 2.38. The molecule has 15 heavy (non-hydrogen) atoms. The Morgan fingerprint density at radius 1 is 1.60 bits per heavy atom. The number of unbranched alkanes of at least 4 members (excludes halogenated alkanes) is 1. The molecule has 0 fully saturated rings. The van der Waals surface area contributed by atoms with Crippen molar-refractivity contribution in [2.24, 2.45) is 0 Å². The van der Waals surface area contributed by atoms with Crippen molar-refractivity contribution >= 4 is 16.0 Å². The van der Waals surface area contributed by atoms with Crippen molar-refractivity contribution in [2.75, 3.05) is 0 Å². The number of hydrogen-bond donors (Lipinski definition) is 2. The van der Waals surface area contributed by atoms with E-state index >= 15 is 0 Å². The normalized spacial score (nSPS) is 15.4. The molecule has 0 heterocycles. The van der Waals surface area contributed by atoms with Gasteiger partial charge in [-0.3, -0.25) is 9.35 Å². The maximum Gasteiger partial charge on any atom is 0.288 e. The van der Waals surface area contributed by atoms with Crippen molar-refractivity contribution in [2.45, 2.75) is 38.0 Å². The lowest BCUT2D eigenvalue weighted by Crippen LogP contribution is -2.51. The fourth-order valence-electron chi connectivity index (χ4n) is 1.08. The van der Waals surface area contributed by atoms with Gasteiger partial charge in [-0.1, -0.05) is 26.3 Å². The highest BCUT2D eigenvalue weighted by Crippen LogP contribution is 2.20. The van der Waals surface area contributed by atoms with Crippen LogP contribution < -0.4 is 5.32 Å². The van der Waals surface area contributed by atoms with E-state index in [2.05, 4.69) is 11.9 Å². The van der Waals surface area contributed by atoms with Gasteiger partial charge in [0.05, 0.1) is 0 Å². The number of rotatable bonds is 6. The summed E-state index contributed by atoms with van der Waals surface area (Å²) in [5.41, 5.74) is 0. The summed E-state index contributed by atoms with van der Waals surface area (Å²) in [5, 5.41) is 2.22. The number of carbonyl (C=O) groups excluding carboxylic acids is 1. The highest BCUT2D eigenvalue weighted by atomic mass is 32.2. The molecule has 1 unspecified atom stereocenters. The molecule has 1 atom stereocenters. The van der Waals surface area contributed by atoms with Crippen LogP contribution >= 0.6 is 0 Å². The SMILES string of the molecule is C=CC(=O)NC(C)(CCCC)S(=O)(=O)O. The second kappa shape index (κ2) is 5.27. The molecule has 0 rings (SSSR count). The van der Waals surface area contributed by atoms with Gasteiger partial charge in [0.2, 0.25) is 5.91 Å². The van der Waals surface area contributed by atoms with Crippen LogP contribution in [0.1, 0.15) is 33.1 Å². The summed E-state index contributed by atoms with van der Waals surface area (Å²) in [6, 6.07) is 0. The van der Waals surface area contributed by atoms with Crippen LogP contribution in [0.25, 0.3) is 0 Å². The molecule has 1 amide bonds. The van der Waals surface area contributed by atoms with Crippen LogP contribution in [0.5, 0.6) is 0 Å². The molecule has 2 N–H and O–H groups in total. The Morgan fingerprint density at radius 2 is 2.13 bits per heavy atom. The van der Waals surface area contributed by atoms with E-state index in [0.717, 1.165) is 12.5 Å². The van der Waals surface area contributed by atoms with Crippen molar-refractivity contribution in [3.8, 4) is 0 Å². The minimum atomic E-state index is -4.32. The number of nitrogens with one attached hydrogen (secondary N) is 1. The Balaban J connectivity index is 4.86. The summed E-state index contributed by atoms with van der Waals surface area (Å²) in [7, 11) is -4.32. The second-order valence-electron chi connectivity index (χ2n) is 3.50. The second-order valence-corrected chi connectivity index (χ2v) is 5.35. The van der Waals surface area contributed by atoms with Crippen molar-refractivity contribution < 1.29 is 17.8 Å². The van der Waals surface area contributed by atoms with E-state index in [1.54, 1.807) is 0 Å². The molecule has 6 heteroatoms. The standard InChI is InChI=1S/C9H17NO4S/c1-4-6-7-9(3,15(12,13)14)10-8(11)5-2/h5H,2,4,6-7H2,1,3H3,(H,10,11)(H,12,13,14). The summed E-state index contributed by atoms with van der Waals surface area (Å²) < 4.78 is 31.3. The van der Waals surface area contributed by atoms with Gasteiger partial charge < -0.3 is 5.32 Å². The lowest BCUT2D eigenvalue weighted by atomic mass is 10.1. The average molecular weight is 235 g/mol. The molecule has 0 aliphatic heterocycles. The van der Waals surface area contributed by atoms with E-state index in [0.29, 0.717) is 6.42 Å². The maximum atomic E-state index is 11.1. The molecule has 88 valence electrons. The molecule has 0 aliphatic rings. The first kappa shape index (κ1) is 14.1. The third kappa shape index (κ3) is 4.01. The fourth-order valence-corrected chi connectivity index (χ4v) is 1.71. The molecule has 0 aromatic carbocycles. The molecule has 0 radical (unpaired) electrons. The number of amides is 1. The lowest BCUT2D eigenvalue weighted by Gasteiger charge is -2.26. The topological polar surface area (TPSA) is 83.5 Å². The highest BCUT2D eigenvalue weighted by molar-refractivity contribution is 7.87. The first-order chi connectivity index (χ1) is 6.77. The molecule has 0 aliphatic carbocycles. The number of carbonyl (C=O) groups is 1. The van der Waals surface area contributed by atoms with Crippen molar-refractivity contribution in [3.63, 3.8) is 0 Å². The van der Waals surface area contributed by atoms with Crippen LogP contribution in [0, 0.1) is 0 Å². The quantitative estimate of drug-likeness (QED) is 0.533. The molecule has 0 spiro atoms. The number of hydrogen-bond acceptors (Lipinski definition) is 3. The molecule has 0 bridgehead atoms. The molecule has 0 saturated carbocycles. The van der Waals surface area contributed by atoms with E-state index in [4.69, 9.17) is 4.55 Å². The van der Waals surface area contributed by atoms with E-state index in [1.807, 2.05) is 6.92 Å². The monoisotopic (exact) mass is 235 g/mol. The first-order valence-corrected chi connectivity index (χ1v) is 6.12. The van der Waals surface area contributed by atoms with Gasteiger partial charge in [-0.15, -0.1) is 0 Å². The van der Waals surface area contributed by atoms with Gasteiger partial charge >= 0.3 is 0 Å². The van der Waals surface area contributed by atoms with Crippen molar-refractivity contribution in [3.05, 3.63) is 12.7 Å². The Hall–Kier alpha value is -0.880. The summed E-state index contributed by atoms with van der Waals surface area (Å²) >= 11 is 0. The van der Waals surface area contributed by atoms with Crippen molar-refractivity contribution in [1.29, 1.82) is 0 Å². The van der Waals surface area contributed by atoms with Crippen LogP contribution in [-0.4, -0.2) is 23.7 Å². The Kier molecular flexibility index (Phi) is 4.96. The predicted molar refractivity (Wildman–Crippen MR) is 57.8 cm³/mol. The van der Waals surface area contributed by atoms with Gasteiger partial charge in [-0.25, -0.2) is 0 Å². The molecular weight excluding hydrogens is 218 g/mol. The average Bonchev–Trinajstić information content (AvgIpc) is 2.12. The summed E-state index contributed by atoms with van der Waals surface area (Å²) in [4.78, 5) is 9.40. The summed E-state index contributed by atoms with van der Waals surface area (Å²) in [6.07, 6.45) is 2.50. The predicted octanol–water partition coefficient (Wildman–Crippen LogP) is 1.08. The molecule has 0 saturated heterocycles. The smallest absolute Gasteiger partial charge is 0.288 e. The van der Waals surface area contributed by atoms with Gasteiger partial charge in [0, 0.05) is 0 Å². The Morgan fingerprint density at radius 3 is 2.47 bits per heavy atom. The third-order valence-corrected chi connectivity index (χ3v) is 3.59. The van der Waals surface area contributed by atoms with E-state index in [-0.39, 0.29) is 6.42 Å². The molecule has 0 aromatic rings. The van der Waals surface area contributed by atoms with Gasteiger partial charge in [-0.2, -0.15) is 8.42 Å². The lowest BCUT2D eigenvalue weighted by molar-refractivity contribution is -0.117. The Bertz CT molecular complexity index is 336. The first-order valence-electron chi connectivity index (χ1n) is 4.68. The maximum absolute atomic E-state index is 11.1. The minimum Gasteiger partial charge on any atom is -0.332 e. The fraction of sp³-hybridized carbons (Fsp3) is 0.667. The zero-order valence-corrected chi connectivity index (χ0v) is 9.80. The largest absolute Gasteiger partial charge is 0.332 e. The minimum absolute atomic E-state index is 0.169. The van der Waals surface area contributed by atoms with Gasteiger partial charge in [0.1, 0.15) is 0 Å². The van der Waals surface area contributed by atoms with Crippen LogP contribution in [0.4, 0.5) is 0 Å². The van der Waals surface area contributed by atoms with E-state index in [1.165, 1.54) is 6.92 Å². The van der Waals surface area contributed by atoms with Crippen LogP contribution in [0.15, 0.2) is 12.7 Å². The molecule has 0 aromatic heterocycles. The third-order valence-electron chi connectivity index (χ3n) is 2.15. The van der Waals surface area contributed by atoms with Crippen LogP contribution in [0.3, 0.4) is 0 Å². The van der Waals surface area contributed by atoms with Gasteiger partial charge in [-0.05, 0) is 19.4 Å². The van der Waals surface area contributed by atoms with E-state index in [9.17, 15) is 13.2 Å². The zero-order valence-electron chi connectivity index (χ0n) is 8.99.